The molecule has 1 saturated heterocycles. The molecule has 1 fully saturated rings. The highest BCUT2D eigenvalue weighted by molar-refractivity contribution is 6.01. The van der Waals surface area contributed by atoms with E-state index in [9.17, 15) is 9.59 Å². The van der Waals surface area contributed by atoms with Crippen LogP contribution in [0.25, 0.3) is 0 Å². The molecule has 0 radical (unpaired) electrons. The molecule has 2 heterocycles. The lowest BCUT2D eigenvalue weighted by atomic mass is 9.78. The molecule has 2 atom stereocenters. The van der Waals surface area contributed by atoms with Gasteiger partial charge in [0.1, 0.15) is 0 Å². The van der Waals surface area contributed by atoms with Crippen LogP contribution in [0.1, 0.15) is 66.6 Å². The fourth-order valence-corrected chi connectivity index (χ4v) is 5.41. The number of likely N-dealkylation sites (tertiary alicyclic amines) is 1. The Morgan fingerprint density at radius 3 is 2.20 bits per heavy atom. The van der Waals surface area contributed by atoms with Gasteiger partial charge in [0.15, 0.2) is 11.5 Å². The zero-order valence-electron chi connectivity index (χ0n) is 21.4. The quantitative estimate of drug-likeness (QED) is 0.577. The Morgan fingerprint density at radius 1 is 1.00 bits per heavy atom. The first-order valence-electron chi connectivity index (χ1n) is 12.4. The maximum Gasteiger partial charge on any atom is 0.254 e. The van der Waals surface area contributed by atoms with E-state index in [0.29, 0.717) is 35.3 Å². The van der Waals surface area contributed by atoms with E-state index in [1.165, 1.54) is 0 Å². The summed E-state index contributed by atoms with van der Waals surface area (Å²) in [4.78, 5) is 31.7. The second kappa shape index (κ2) is 10.6. The van der Waals surface area contributed by atoms with Gasteiger partial charge in [-0.2, -0.15) is 0 Å². The van der Waals surface area contributed by atoms with E-state index in [4.69, 9.17) is 14.2 Å². The minimum Gasteiger partial charge on any atom is -0.493 e. The van der Waals surface area contributed by atoms with Crippen molar-refractivity contribution in [2.45, 2.75) is 45.1 Å². The number of carbonyl (C=O) groups is 2. The molecular weight excluding hydrogens is 444 g/mol. The summed E-state index contributed by atoms with van der Waals surface area (Å²) in [7, 11) is 4.71. The zero-order valence-corrected chi connectivity index (χ0v) is 21.4. The van der Waals surface area contributed by atoms with Gasteiger partial charge in [0.05, 0.1) is 33.3 Å². The van der Waals surface area contributed by atoms with Crippen molar-refractivity contribution < 1.29 is 23.8 Å². The maximum atomic E-state index is 14.2. The molecule has 0 aromatic heterocycles. The molecule has 2 aromatic rings. The van der Waals surface area contributed by atoms with Gasteiger partial charge < -0.3 is 24.0 Å². The zero-order chi connectivity index (χ0) is 25.1. The van der Waals surface area contributed by atoms with Crippen LogP contribution in [0.3, 0.4) is 0 Å². The Labute approximate surface area is 207 Å². The minimum atomic E-state index is -0.522. The third-order valence-electron chi connectivity index (χ3n) is 7.29. The molecule has 0 spiro atoms. The summed E-state index contributed by atoms with van der Waals surface area (Å²) >= 11 is 0. The first-order valence-corrected chi connectivity index (χ1v) is 12.4. The Morgan fingerprint density at radius 2 is 1.63 bits per heavy atom. The lowest BCUT2D eigenvalue weighted by Crippen LogP contribution is -2.49. The average Bonchev–Trinajstić information content (AvgIpc) is 2.89. The van der Waals surface area contributed by atoms with Crippen molar-refractivity contribution in [2.75, 3.05) is 41.0 Å². The first kappa shape index (κ1) is 24.9. The van der Waals surface area contributed by atoms with Gasteiger partial charge in [-0.1, -0.05) is 32.0 Å². The van der Waals surface area contributed by atoms with E-state index in [-0.39, 0.29) is 11.8 Å². The lowest BCUT2D eigenvalue weighted by Gasteiger charge is -2.44. The summed E-state index contributed by atoms with van der Waals surface area (Å²) in [5.74, 6) is 1.59. The molecule has 0 unspecified atom stereocenters. The molecule has 35 heavy (non-hydrogen) atoms. The van der Waals surface area contributed by atoms with Gasteiger partial charge in [-0.3, -0.25) is 9.59 Å². The number of carbonyl (C=O) groups excluding carboxylic acids is 2. The molecule has 188 valence electrons. The number of hydrogen-bond donors (Lipinski definition) is 0. The van der Waals surface area contributed by atoms with Crippen molar-refractivity contribution in [3.05, 3.63) is 53.1 Å². The number of hydrogen-bond acceptors (Lipinski definition) is 5. The van der Waals surface area contributed by atoms with Crippen molar-refractivity contribution in [3.8, 4) is 17.2 Å². The SMILES string of the molecule is CCCN1C(=O)c2ccccc2[C@@H](C(=O)N2CCC(C)CC2)[C@@H]1c1cc(OC)c(OC)c(OC)c1. The van der Waals surface area contributed by atoms with Crippen molar-refractivity contribution in [1.82, 2.24) is 9.80 Å². The smallest absolute Gasteiger partial charge is 0.254 e. The van der Waals surface area contributed by atoms with Crippen LogP contribution in [-0.2, 0) is 4.79 Å². The Hall–Kier alpha value is -3.22. The fraction of sp³-hybridized carbons (Fsp3) is 0.500. The molecule has 7 heteroatoms. The number of benzene rings is 2. The highest BCUT2D eigenvalue weighted by Gasteiger charge is 2.46. The first-order chi connectivity index (χ1) is 16.9. The van der Waals surface area contributed by atoms with E-state index >= 15 is 0 Å². The molecule has 0 N–H and O–H groups in total. The summed E-state index contributed by atoms with van der Waals surface area (Å²) < 4.78 is 16.8. The topological polar surface area (TPSA) is 68.3 Å². The van der Waals surface area contributed by atoms with Crippen LogP contribution < -0.4 is 14.2 Å². The van der Waals surface area contributed by atoms with Crippen molar-refractivity contribution in [1.29, 1.82) is 0 Å². The largest absolute Gasteiger partial charge is 0.493 e. The molecule has 2 aliphatic rings. The number of nitrogens with zero attached hydrogens (tertiary/aromatic N) is 2. The third kappa shape index (κ3) is 4.56. The summed E-state index contributed by atoms with van der Waals surface area (Å²) in [5, 5.41) is 0. The van der Waals surface area contributed by atoms with E-state index in [1.54, 1.807) is 21.3 Å². The monoisotopic (exact) mass is 480 g/mol. The Kier molecular flexibility index (Phi) is 7.53. The number of piperidine rings is 1. The van der Waals surface area contributed by atoms with Crippen molar-refractivity contribution in [3.63, 3.8) is 0 Å². The van der Waals surface area contributed by atoms with Gasteiger partial charge in [-0.05, 0) is 54.5 Å². The highest BCUT2D eigenvalue weighted by atomic mass is 16.5. The molecular formula is C28H36N2O5. The predicted octanol–water partition coefficient (Wildman–Crippen LogP) is 4.66. The third-order valence-corrected chi connectivity index (χ3v) is 7.29. The number of rotatable bonds is 7. The van der Waals surface area contributed by atoms with Crippen LogP contribution >= 0.6 is 0 Å². The van der Waals surface area contributed by atoms with Crippen LogP contribution in [-0.4, -0.2) is 62.6 Å². The average molecular weight is 481 g/mol. The molecule has 0 aliphatic carbocycles. The summed E-state index contributed by atoms with van der Waals surface area (Å²) in [6.45, 7) is 6.29. The highest BCUT2D eigenvalue weighted by Crippen LogP contribution is 2.48. The molecule has 2 amide bonds. The summed E-state index contributed by atoms with van der Waals surface area (Å²) in [5.41, 5.74) is 2.18. The van der Waals surface area contributed by atoms with Crippen LogP contribution in [0.5, 0.6) is 17.2 Å². The van der Waals surface area contributed by atoms with E-state index in [2.05, 4.69) is 6.92 Å². The van der Waals surface area contributed by atoms with Gasteiger partial charge >= 0.3 is 0 Å². The van der Waals surface area contributed by atoms with Gasteiger partial charge in [0.2, 0.25) is 11.7 Å². The Bertz CT molecular complexity index is 1050. The molecule has 7 nitrogen and oxygen atoms in total. The van der Waals surface area contributed by atoms with Gasteiger partial charge in [0.25, 0.3) is 5.91 Å². The maximum absolute atomic E-state index is 14.2. The molecule has 2 aliphatic heterocycles. The van der Waals surface area contributed by atoms with Crippen molar-refractivity contribution in [2.24, 2.45) is 5.92 Å². The molecule has 0 bridgehead atoms. The number of amides is 2. The molecule has 0 saturated carbocycles. The van der Waals surface area contributed by atoms with Gasteiger partial charge in [-0.15, -0.1) is 0 Å². The van der Waals surface area contributed by atoms with E-state index in [1.807, 2.05) is 53.1 Å². The minimum absolute atomic E-state index is 0.0579. The van der Waals surface area contributed by atoms with Crippen LogP contribution in [0, 0.1) is 5.92 Å². The molecule has 2 aromatic carbocycles. The number of methoxy groups -OCH3 is 3. The van der Waals surface area contributed by atoms with Crippen LogP contribution in [0.2, 0.25) is 0 Å². The van der Waals surface area contributed by atoms with E-state index < -0.39 is 12.0 Å². The second-order valence-corrected chi connectivity index (χ2v) is 9.47. The Balaban J connectivity index is 1.90. The van der Waals surface area contributed by atoms with Crippen LogP contribution in [0.15, 0.2) is 36.4 Å². The van der Waals surface area contributed by atoms with Gasteiger partial charge in [-0.25, -0.2) is 0 Å². The molecule has 4 rings (SSSR count). The number of ether oxygens (including phenoxy) is 3. The second-order valence-electron chi connectivity index (χ2n) is 9.47. The summed E-state index contributed by atoms with van der Waals surface area (Å²) in [6, 6.07) is 10.8. The fourth-order valence-electron chi connectivity index (χ4n) is 5.41. The van der Waals surface area contributed by atoms with Crippen LogP contribution in [0.4, 0.5) is 0 Å². The van der Waals surface area contributed by atoms with Gasteiger partial charge in [0, 0.05) is 25.2 Å². The van der Waals surface area contributed by atoms with Crippen molar-refractivity contribution >= 4 is 11.8 Å². The standard InChI is InChI=1S/C28H36N2O5/c1-6-13-30-25(19-16-22(33-3)26(35-5)23(17-19)34-4)24(20-9-7-8-10-21(20)27(30)31)28(32)29-14-11-18(2)12-15-29/h7-10,16-18,24-25H,6,11-15H2,1-5H3/t24-,25+/m1/s1. The van der Waals surface area contributed by atoms with E-state index in [0.717, 1.165) is 43.5 Å². The normalized spacial score (nSPS) is 20.4. The predicted molar refractivity (Wildman–Crippen MR) is 134 cm³/mol. The number of fused-ring (bicyclic) bond motifs is 1. The lowest BCUT2D eigenvalue weighted by molar-refractivity contribution is -0.136. The summed E-state index contributed by atoms with van der Waals surface area (Å²) in [6.07, 6.45) is 2.76.